The number of hydrogen-bond donors (Lipinski definition) is 0. The van der Waals surface area contributed by atoms with Gasteiger partial charge in [-0.15, -0.1) is 0 Å². The summed E-state index contributed by atoms with van der Waals surface area (Å²) in [6.45, 7) is 2.25. The van der Waals surface area contributed by atoms with E-state index in [4.69, 9.17) is 0 Å². The molecule has 0 N–H and O–H groups in total. The van der Waals surface area contributed by atoms with Crippen molar-refractivity contribution in [3.05, 3.63) is 0 Å². The van der Waals surface area contributed by atoms with E-state index in [0.29, 0.717) is 6.42 Å². The molecule has 0 fully saturated rings. The van der Waals surface area contributed by atoms with E-state index in [9.17, 15) is 13.2 Å². The molecule has 0 heterocycles. The Balaban J connectivity index is 0. The van der Waals surface area contributed by atoms with E-state index in [0.717, 1.165) is 20.0 Å². The third-order valence-electron chi connectivity index (χ3n) is 4.38. The van der Waals surface area contributed by atoms with E-state index < -0.39 is 16.4 Å². The Labute approximate surface area is 204 Å². The average molecular weight is 419 g/mol. The van der Waals surface area contributed by atoms with Gasteiger partial charge in [-0.3, -0.25) is 4.79 Å². The van der Waals surface area contributed by atoms with Crippen LogP contribution in [0.1, 0.15) is 110 Å². The normalized spacial score (nSPS) is 11.2. The summed E-state index contributed by atoms with van der Waals surface area (Å²) in [4.78, 5) is 11.3. The quantitative estimate of drug-likeness (QED) is 0.230. The van der Waals surface area contributed by atoms with Crippen molar-refractivity contribution in [1.82, 2.24) is 0 Å². The van der Waals surface area contributed by atoms with Crippen molar-refractivity contribution in [2.45, 2.75) is 110 Å². The molecular formula is C19H39KO5S. The summed E-state index contributed by atoms with van der Waals surface area (Å²) in [6.07, 6.45) is 18.9. The Morgan fingerprint density at radius 1 is 0.692 bits per heavy atom. The molecule has 0 aliphatic carbocycles. The fraction of sp³-hybridized carbons (Fsp3) is 0.947. The van der Waals surface area contributed by atoms with Crippen LogP contribution < -0.4 is 0 Å². The number of hydrogen-bond acceptors (Lipinski definition) is 5. The van der Waals surface area contributed by atoms with E-state index in [2.05, 4.69) is 15.3 Å². The van der Waals surface area contributed by atoms with Crippen molar-refractivity contribution in [2.75, 3.05) is 7.11 Å². The van der Waals surface area contributed by atoms with E-state index in [1.54, 1.807) is 0 Å². The average Bonchev–Trinajstić information content (AvgIpc) is 2.58. The zero-order chi connectivity index (χ0) is 18.8. The van der Waals surface area contributed by atoms with E-state index in [1.807, 2.05) is 0 Å². The number of carbonyl (C=O) groups excluding carboxylic acids is 1. The molecule has 0 aromatic heterocycles. The zero-order valence-electron chi connectivity index (χ0n) is 16.3. The van der Waals surface area contributed by atoms with Gasteiger partial charge in [0.05, 0.1) is 7.11 Å². The third-order valence-corrected chi connectivity index (χ3v) is 5.18. The second kappa shape index (κ2) is 20.7. The summed E-state index contributed by atoms with van der Waals surface area (Å²) < 4.78 is 30.1. The van der Waals surface area contributed by atoms with Crippen LogP contribution in [0.2, 0.25) is 0 Å². The van der Waals surface area contributed by atoms with Crippen LogP contribution >= 0.6 is 0 Å². The van der Waals surface area contributed by atoms with Crippen molar-refractivity contribution < 1.29 is 21.6 Å². The minimum atomic E-state index is -4.14. The Bertz CT molecular complexity index is 412. The van der Waals surface area contributed by atoms with Gasteiger partial charge in [-0.25, -0.2) is 4.18 Å². The summed E-state index contributed by atoms with van der Waals surface area (Å²) >= 11 is 0. The molecule has 0 rings (SSSR count). The monoisotopic (exact) mass is 418 g/mol. The third kappa shape index (κ3) is 21.3. The predicted octanol–water partition coefficient (Wildman–Crippen LogP) is 5.03. The van der Waals surface area contributed by atoms with Gasteiger partial charge in [-0.05, 0) is 6.42 Å². The van der Waals surface area contributed by atoms with Crippen molar-refractivity contribution in [3.8, 4) is 0 Å². The number of carbonyl (C=O) groups is 1. The van der Waals surface area contributed by atoms with Crippen LogP contribution in [0.25, 0.3) is 0 Å². The standard InChI is InChI=1S/C19H38O5S.K.H/c1-3-4-5-6-7-8-9-10-11-12-13-14-15-16-17-18-19(20)24-25(21,22)23-2;;/h3-18H2,1-2H3;;. The van der Waals surface area contributed by atoms with Crippen molar-refractivity contribution >= 4 is 67.8 Å². The molecular weight excluding hydrogens is 379 g/mol. The molecule has 0 radical (unpaired) electrons. The van der Waals surface area contributed by atoms with Crippen LogP contribution in [-0.2, 0) is 23.6 Å². The molecule has 0 spiro atoms. The summed E-state index contributed by atoms with van der Waals surface area (Å²) in [5, 5.41) is 0. The first-order chi connectivity index (χ1) is 12.0. The fourth-order valence-electron chi connectivity index (χ4n) is 2.83. The van der Waals surface area contributed by atoms with Gasteiger partial charge in [0.25, 0.3) is 0 Å². The SMILES string of the molecule is CCCCCCCCCCCCCCCCCC(=O)OS(=O)(=O)OC.[KH]. The van der Waals surface area contributed by atoms with Crippen LogP contribution in [-0.4, -0.2) is 72.9 Å². The Morgan fingerprint density at radius 3 is 1.38 bits per heavy atom. The van der Waals surface area contributed by atoms with Gasteiger partial charge in [0.15, 0.2) is 0 Å². The molecule has 152 valence electrons. The van der Waals surface area contributed by atoms with Crippen LogP contribution in [0.3, 0.4) is 0 Å². The maximum absolute atomic E-state index is 11.3. The summed E-state index contributed by atoms with van der Waals surface area (Å²) in [5.41, 5.74) is 0. The van der Waals surface area contributed by atoms with Gasteiger partial charge >= 0.3 is 67.8 Å². The van der Waals surface area contributed by atoms with Crippen LogP contribution in [0.4, 0.5) is 0 Å². The topological polar surface area (TPSA) is 69.7 Å². The first-order valence-electron chi connectivity index (χ1n) is 10.0. The molecule has 0 aromatic carbocycles. The fourth-order valence-corrected chi connectivity index (χ4v) is 3.21. The molecule has 0 bridgehead atoms. The molecule has 26 heavy (non-hydrogen) atoms. The second-order valence-electron chi connectivity index (χ2n) is 6.73. The van der Waals surface area contributed by atoms with Crippen molar-refractivity contribution in [1.29, 1.82) is 0 Å². The predicted molar refractivity (Wildman–Crippen MR) is 109 cm³/mol. The van der Waals surface area contributed by atoms with Gasteiger partial charge in [0, 0.05) is 6.42 Å². The van der Waals surface area contributed by atoms with Crippen molar-refractivity contribution in [2.24, 2.45) is 0 Å². The molecule has 0 aliphatic heterocycles. The van der Waals surface area contributed by atoms with Crippen LogP contribution in [0.15, 0.2) is 0 Å². The van der Waals surface area contributed by atoms with Crippen LogP contribution in [0.5, 0.6) is 0 Å². The van der Waals surface area contributed by atoms with Gasteiger partial charge in [0.2, 0.25) is 0 Å². The molecule has 0 atom stereocenters. The minimum absolute atomic E-state index is 0. The van der Waals surface area contributed by atoms with Crippen molar-refractivity contribution in [3.63, 3.8) is 0 Å². The van der Waals surface area contributed by atoms with Gasteiger partial charge in [0.1, 0.15) is 0 Å². The van der Waals surface area contributed by atoms with Gasteiger partial charge in [-0.2, -0.15) is 8.42 Å². The summed E-state index contributed by atoms with van der Waals surface area (Å²) in [5.74, 6) is -0.739. The number of rotatable bonds is 18. The van der Waals surface area contributed by atoms with Gasteiger partial charge < -0.3 is 4.18 Å². The molecule has 0 aromatic rings. The molecule has 5 nitrogen and oxygen atoms in total. The number of unbranched alkanes of at least 4 members (excludes halogenated alkanes) is 14. The van der Waals surface area contributed by atoms with E-state index >= 15 is 0 Å². The Hall–Kier alpha value is 1.02. The van der Waals surface area contributed by atoms with Gasteiger partial charge in [-0.1, -0.05) is 96.8 Å². The first kappa shape index (κ1) is 29.2. The van der Waals surface area contributed by atoms with E-state index in [1.165, 1.54) is 77.0 Å². The molecule has 0 saturated heterocycles. The molecule has 0 unspecified atom stereocenters. The van der Waals surface area contributed by atoms with E-state index in [-0.39, 0.29) is 57.8 Å². The van der Waals surface area contributed by atoms with Crippen LogP contribution in [0, 0.1) is 0 Å². The maximum atomic E-state index is 11.3. The molecule has 0 amide bonds. The summed E-state index contributed by atoms with van der Waals surface area (Å²) in [7, 11) is -3.17. The molecule has 7 heteroatoms. The molecule has 0 saturated carbocycles. The first-order valence-corrected chi connectivity index (χ1v) is 11.4. The summed E-state index contributed by atoms with van der Waals surface area (Å²) in [6, 6.07) is 0. The second-order valence-corrected chi connectivity index (χ2v) is 8.05. The molecule has 0 aliphatic rings. The Morgan fingerprint density at radius 2 is 1.04 bits per heavy atom. The Kier molecular flexibility index (Phi) is 23.3. The zero-order valence-corrected chi connectivity index (χ0v) is 17.1.